The van der Waals surface area contributed by atoms with Crippen LogP contribution in [0.4, 0.5) is 0 Å². The van der Waals surface area contributed by atoms with Gasteiger partial charge in [0.1, 0.15) is 17.2 Å². The Bertz CT molecular complexity index is 1260. The van der Waals surface area contributed by atoms with Crippen LogP contribution in [-0.4, -0.2) is 36.0 Å². The van der Waals surface area contributed by atoms with Crippen LogP contribution in [0.3, 0.4) is 0 Å². The molecule has 5 rings (SSSR count). The van der Waals surface area contributed by atoms with Gasteiger partial charge in [-0.2, -0.15) is 0 Å². The van der Waals surface area contributed by atoms with E-state index >= 15 is 0 Å². The SMILES string of the molecule is COc1ccc2c(C3COc4cc(O)ccc4C3c3ccc(O)c(OC)c3)c[nH]c2c1. The summed E-state index contributed by atoms with van der Waals surface area (Å²) in [6.07, 6.45) is 2.02. The number of nitrogens with one attached hydrogen (secondary N) is 1. The van der Waals surface area contributed by atoms with Crippen molar-refractivity contribution in [3.8, 4) is 28.7 Å². The molecule has 0 amide bonds. The summed E-state index contributed by atoms with van der Waals surface area (Å²) < 4.78 is 16.8. The number of benzene rings is 3. The molecule has 1 aromatic heterocycles. The molecule has 0 aliphatic carbocycles. The van der Waals surface area contributed by atoms with Crippen LogP contribution in [0, 0.1) is 0 Å². The highest BCUT2D eigenvalue weighted by molar-refractivity contribution is 5.85. The molecular weight excluding hydrogens is 394 g/mol. The maximum atomic E-state index is 10.1. The van der Waals surface area contributed by atoms with Gasteiger partial charge in [-0.1, -0.05) is 12.1 Å². The first-order valence-corrected chi connectivity index (χ1v) is 10.1. The molecule has 2 heterocycles. The van der Waals surface area contributed by atoms with Crippen LogP contribution in [0.15, 0.2) is 60.8 Å². The minimum absolute atomic E-state index is 0.00781. The molecule has 0 spiro atoms. The van der Waals surface area contributed by atoms with Crippen molar-refractivity contribution in [3.63, 3.8) is 0 Å². The van der Waals surface area contributed by atoms with Gasteiger partial charge in [-0.25, -0.2) is 0 Å². The van der Waals surface area contributed by atoms with Crippen molar-refractivity contribution in [2.45, 2.75) is 11.8 Å². The van der Waals surface area contributed by atoms with Gasteiger partial charge in [0.2, 0.25) is 0 Å². The zero-order valence-electron chi connectivity index (χ0n) is 17.3. The summed E-state index contributed by atoms with van der Waals surface area (Å²) >= 11 is 0. The number of hydrogen-bond donors (Lipinski definition) is 3. The molecular formula is C25H23NO5. The number of methoxy groups -OCH3 is 2. The standard InChI is InChI=1S/C25H23NO5/c1-29-16-5-7-17-19(12-26-21(17)11-16)20-13-31-23-10-15(27)4-6-18(23)25(20)14-3-8-22(28)24(9-14)30-2/h3-12,20,25-28H,13H2,1-2H3. The van der Waals surface area contributed by atoms with Gasteiger partial charge >= 0.3 is 0 Å². The summed E-state index contributed by atoms with van der Waals surface area (Å²) in [6, 6.07) is 16.6. The van der Waals surface area contributed by atoms with E-state index in [4.69, 9.17) is 14.2 Å². The van der Waals surface area contributed by atoms with Gasteiger partial charge in [-0.05, 0) is 41.5 Å². The Kier molecular flexibility index (Phi) is 4.62. The average molecular weight is 417 g/mol. The van der Waals surface area contributed by atoms with Gasteiger partial charge in [0.05, 0.1) is 20.8 Å². The molecule has 31 heavy (non-hydrogen) atoms. The first-order chi connectivity index (χ1) is 15.1. The van der Waals surface area contributed by atoms with E-state index in [2.05, 4.69) is 11.1 Å². The predicted molar refractivity (Wildman–Crippen MR) is 118 cm³/mol. The van der Waals surface area contributed by atoms with Gasteiger partial charge in [-0.3, -0.25) is 0 Å². The molecule has 4 aromatic rings. The second kappa shape index (κ2) is 7.47. The van der Waals surface area contributed by atoms with Gasteiger partial charge in [0.15, 0.2) is 11.5 Å². The van der Waals surface area contributed by atoms with E-state index in [9.17, 15) is 10.2 Å². The molecule has 0 saturated carbocycles. The number of fused-ring (bicyclic) bond motifs is 2. The third-order valence-corrected chi connectivity index (χ3v) is 6.04. The van der Waals surface area contributed by atoms with E-state index in [0.717, 1.165) is 33.3 Å². The normalized spacial score (nSPS) is 17.7. The van der Waals surface area contributed by atoms with Crippen LogP contribution >= 0.6 is 0 Å². The largest absolute Gasteiger partial charge is 0.508 e. The number of aromatic hydroxyl groups is 2. The van der Waals surface area contributed by atoms with Crippen molar-refractivity contribution in [2.75, 3.05) is 20.8 Å². The maximum Gasteiger partial charge on any atom is 0.160 e. The molecule has 1 aliphatic rings. The number of phenolic OH excluding ortho intramolecular Hbond substituents is 2. The third kappa shape index (κ3) is 3.20. The van der Waals surface area contributed by atoms with E-state index in [-0.39, 0.29) is 23.3 Å². The molecule has 2 unspecified atom stereocenters. The molecule has 3 aromatic carbocycles. The average Bonchev–Trinajstić information content (AvgIpc) is 3.21. The number of hydrogen-bond acceptors (Lipinski definition) is 5. The zero-order chi connectivity index (χ0) is 21.5. The Labute approximate surface area is 179 Å². The highest BCUT2D eigenvalue weighted by Gasteiger charge is 2.35. The van der Waals surface area contributed by atoms with E-state index in [0.29, 0.717) is 18.1 Å². The fraction of sp³-hybridized carbons (Fsp3) is 0.200. The number of phenols is 2. The van der Waals surface area contributed by atoms with Crippen molar-refractivity contribution in [1.29, 1.82) is 0 Å². The monoisotopic (exact) mass is 417 g/mol. The number of aromatic nitrogens is 1. The van der Waals surface area contributed by atoms with Gasteiger partial charge in [-0.15, -0.1) is 0 Å². The van der Waals surface area contributed by atoms with Crippen molar-refractivity contribution in [3.05, 3.63) is 77.5 Å². The number of H-pyrrole nitrogens is 1. The first kappa shape index (κ1) is 19.2. The highest BCUT2D eigenvalue weighted by Crippen LogP contribution is 2.49. The van der Waals surface area contributed by atoms with Crippen molar-refractivity contribution in [1.82, 2.24) is 4.98 Å². The number of ether oxygens (including phenoxy) is 3. The summed E-state index contributed by atoms with van der Waals surface area (Å²) in [5.74, 6) is 2.09. The van der Waals surface area contributed by atoms with E-state index < -0.39 is 0 Å². The van der Waals surface area contributed by atoms with E-state index in [1.54, 1.807) is 32.4 Å². The Balaban J connectivity index is 1.68. The van der Waals surface area contributed by atoms with Crippen LogP contribution in [0.25, 0.3) is 10.9 Å². The Hall–Kier alpha value is -3.80. The fourth-order valence-electron chi connectivity index (χ4n) is 4.53. The molecule has 2 atom stereocenters. The molecule has 0 radical (unpaired) electrons. The topological polar surface area (TPSA) is 83.9 Å². The Morgan fingerprint density at radius 3 is 2.61 bits per heavy atom. The molecule has 1 aliphatic heterocycles. The lowest BCUT2D eigenvalue weighted by atomic mass is 9.75. The quantitative estimate of drug-likeness (QED) is 0.440. The zero-order valence-corrected chi connectivity index (χ0v) is 17.3. The lowest BCUT2D eigenvalue weighted by Gasteiger charge is -2.34. The molecule has 3 N–H and O–H groups in total. The van der Waals surface area contributed by atoms with Crippen molar-refractivity contribution in [2.24, 2.45) is 0 Å². The summed E-state index contributed by atoms with van der Waals surface area (Å²) in [7, 11) is 3.19. The highest BCUT2D eigenvalue weighted by atomic mass is 16.5. The van der Waals surface area contributed by atoms with Crippen LogP contribution in [0.5, 0.6) is 28.7 Å². The van der Waals surface area contributed by atoms with Gasteiger partial charge in [0.25, 0.3) is 0 Å². The van der Waals surface area contributed by atoms with E-state index in [1.165, 1.54) is 0 Å². The molecule has 0 fully saturated rings. The van der Waals surface area contributed by atoms with Crippen LogP contribution in [0.1, 0.15) is 28.5 Å². The smallest absolute Gasteiger partial charge is 0.160 e. The van der Waals surface area contributed by atoms with Crippen LogP contribution < -0.4 is 14.2 Å². The summed E-state index contributed by atoms with van der Waals surface area (Å²) in [5, 5.41) is 21.2. The van der Waals surface area contributed by atoms with Gasteiger partial charge < -0.3 is 29.4 Å². The molecule has 6 heteroatoms. The molecule has 6 nitrogen and oxygen atoms in total. The Morgan fingerprint density at radius 1 is 0.935 bits per heavy atom. The summed E-state index contributed by atoms with van der Waals surface area (Å²) in [6.45, 7) is 0.448. The van der Waals surface area contributed by atoms with Crippen molar-refractivity contribution < 1.29 is 24.4 Å². The fourth-order valence-corrected chi connectivity index (χ4v) is 4.53. The maximum absolute atomic E-state index is 10.1. The lowest BCUT2D eigenvalue weighted by Crippen LogP contribution is -2.25. The van der Waals surface area contributed by atoms with Crippen LogP contribution in [0.2, 0.25) is 0 Å². The second-order valence-electron chi connectivity index (χ2n) is 7.70. The molecule has 0 saturated heterocycles. The summed E-state index contributed by atoms with van der Waals surface area (Å²) in [5.41, 5.74) is 4.10. The van der Waals surface area contributed by atoms with Crippen molar-refractivity contribution >= 4 is 10.9 Å². The van der Waals surface area contributed by atoms with Crippen LogP contribution in [-0.2, 0) is 0 Å². The van der Waals surface area contributed by atoms with Gasteiger partial charge in [0, 0.05) is 46.6 Å². The minimum atomic E-state index is -0.0556. The first-order valence-electron chi connectivity index (χ1n) is 10.1. The Morgan fingerprint density at radius 2 is 1.81 bits per heavy atom. The molecule has 158 valence electrons. The van der Waals surface area contributed by atoms with E-state index in [1.807, 2.05) is 36.5 Å². The third-order valence-electron chi connectivity index (χ3n) is 6.04. The number of aromatic amines is 1. The lowest BCUT2D eigenvalue weighted by molar-refractivity contribution is 0.248. The second-order valence-corrected chi connectivity index (χ2v) is 7.70. The minimum Gasteiger partial charge on any atom is -0.508 e. The predicted octanol–water partition coefficient (Wildman–Crippen LogP) is 4.90. The number of rotatable bonds is 4. The summed E-state index contributed by atoms with van der Waals surface area (Å²) in [4.78, 5) is 3.36. The molecule has 0 bridgehead atoms.